The van der Waals surface area contributed by atoms with Crippen LogP contribution in [-0.4, -0.2) is 36.7 Å². The van der Waals surface area contributed by atoms with E-state index in [1.54, 1.807) is 19.1 Å². The maximum Gasteiger partial charge on any atom is 0.339 e. The Kier molecular flexibility index (Phi) is 5.19. The zero-order valence-corrected chi connectivity index (χ0v) is 13.3. The summed E-state index contributed by atoms with van der Waals surface area (Å²) in [5.74, 6) is -0.706. The van der Waals surface area contributed by atoms with Gasteiger partial charge >= 0.3 is 5.97 Å². The van der Waals surface area contributed by atoms with Gasteiger partial charge in [0.2, 0.25) is 0 Å². The van der Waals surface area contributed by atoms with E-state index in [9.17, 15) is 9.59 Å². The summed E-state index contributed by atoms with van der Waals surface area (Å²) >= 11 is 0. The number of benzene rings is 1. The van der Waals surface area contributed by atoms with Crippen molar-refractivity contribution in [3.63, 3.8) is 0 Å². The van der Waals surface area contributed by atoms with Gasteiger partial charge in [0, 0.05) is 19.6 Å². The molecule has 5 heteroatoms. The highest BCUT2D eigenvalue weighted by Crippen LogP contribution is 2.28. The van der Waals surface area contributed by atoms with E-state index >= 15 is 0 Å². The Bertz CT molecular complexity index is 555. The molecule has 1 aliphatic rings. The average Bonchev–Trinajstić information content (AvgIpc) is 2.46. The first-order valence-corrected chi connectivity index (χ1v) is 7.63. The Morgan fingerprint density at radius 1 is 1.41 bits per heavy atom. The van der Waals surface area contributed by atoms with E-state index in [0.29, 0.717) is 25.1 Å². The van der Waals surface area contributed by atoms with Crippen molar-refractivity contribution >= 4 is 11.9 Å². The molecule has 1 aromatic carbocycles. The van der Waals surface area contributed by atoms with Crippen LogP contribution >= 0.6 is 0 Å². The lowest BCUT2D eigenvalue weighted by Gasteiger charge is -2.33. The molecule has 1 atom stereocenters. The van der Waals surface area contributed by atoms with Crippen LogP contribution in [0.3, 0.4) is 0 Å². The molecule has 5 nitrogen and oxygen atoms in total. The van der Waals surface area contributed by atoms with Gasteiger partial charge in [0.25, 0.3) is 5.91 Å². The summed E-state index contributed by atoms with van der Waals surface area (Å²) in [5.41, 5.74) is 0.238. The van der Waals surface area contributed by atoms with E-state index in [1.807, 2.05) is 26.0 Å². The first-order chi connectivity index (χ1) is 10.4. The number of fused-ring (bicyclic) bond motifs is 1. The third-order valence-corrected chi connectivity index (χ3v) is 3.62. The van der Waals surface area contributed by atoms with Gasteiger partial charge in [0.15, 0.2) is 5.60 Å². The zero-order valence-electron chi connectivity index (χ0n) is 13.3. The molecule has 0 unspecified atom stereocenters. The summed E-state index contributed by atoms with van der Waals surface area (Å²) < 4.78 is 10.8. The molecule has 1 aromatic rings. The van der Waals surface area contributed by atoms with Crippen LogP contribution in [0.25, 0.3) is 0 Å². The van der Waals surface area contributed by atoms with Crippen molar-refractivity contribution in [3.8, 4) is 0 Å². The van der Waals surface area contributed by atoms with Gasteiger partial charge in [-0.05, 0) is 38.8 Å². The largest absolute Gasteiger partial charge is 0.445 e. The van der Waals surface area contributed by atoms with E-state index in [-0.39, 0.29) is 12.0 Å². The van der Waals surface area contributed by atoms with Gasteiger partial charge in [-0.2, -0.15) is 0 Å². The molecule has 0 saturated carbocycles. The molecule has 120 valence electrons. The summed E-state index contributed by atoms with van der Waals surface area (Å²) in [4.78, 5) is 24.4. The van der Waals surface area contributed by atoms with Gasteiger partial charge in [0.05, 0.1) is 11.7 Å². The Balaban J connectivity index is 1.91. The Labute approximate surface area is 131 Å². The zero-order chi connectivity index (χ0) is 16.2. The normalized spacial score (nSPS) is 20.5. The smallest absolute Gasteiger partial charge is 0.339 e. The second kappa shape index (κ2) is 6.92. The fraction of sp³-hybridized carbons (Fsp3) is 0.529. The fourth-order valence-electron chi connectivity index (χ4n) is 2.44. The Hall–Kier alpha value is -1.88. The fourth-order valence-corrected chi connectivity index (χ4v) is 2.44. The molecular weight excluding hydrogens is 282 g/mol. The van der Waals surface area contributed by atoms with Crippen LogP contribution in [-0.2, 0) is 20.7 Å². The number of esters is 1. The lowest BCUT2D eigenvalue weighted by Crippen LogP contribution is -2.51. The number of ether oxygens (including phenoxy) is 2. The summed E-state index contributed by atoms with van der Waals surface area (Å²) in [6.07, 6.45) is 1.30. The van der Waals surface area contributed by atoms with Gasteiger partial charge in [-0.25, -0.2) is 4.79 Å². The molecule has 0 bridgehead atoms. The van der Waals surface area contributed by atoms with E-state index in [4.69, 9.17) is 9.47 Å². The molecule has 1 N–H and O–H groups in total. The monoisotopic (exact) mass is 305 g/mol. The number of carbonyl (C=O) groups excluding carboxylic acids is 2. The number of rotatable bonds is 6. The molecule has 1 amide bonds. The molecule has 1 heterocycles. The molecule has 0 aliphatic carbocycles. The molecule has 2 rings (SSSR count). The summed E-state index contributed by atoms with van der Waals surface area (Å²) in [5, 5.41) is 2.82. The van der Waals surface area contributed by atoms with Crippen molar-refractivity contribution in [2.45, 2.75) is 45.3 Å². The number of hydrogen-bond donors (Lipinski definition) is 1. The first kappa shape index (κ1) is 16.5. The first-order valence-electron chi connectivity index (χ1n) is 7.63. The summed E-state index contributed by atoms with van der Waals surface area (Å²) in [6, 6.07) is 7.23. The summed E-state index contributed by atoms with van der Waals surface area (Å²) in [6.45, 7) is 6.69. The highest BCUT2D eigenvalue weighted by Gasteiger charge is 2.42. The van der Waals surface area contributed by atoms with Gasteiger partial charge < -0.3 is 14.8 Å². The number of nitrogens with one attached hydrogen (secondary N) is 1. The Morgan fingerprint density at radius 3 is 2.86 bits per heavy atom. The van der Waals surface area contributed by atoms with E-state index < -0.39 is 11.6 Å². The molecule has 0 fully saturated rings. The van der Waals surface area contributed by atoms with Crippen molar-refractivity contribution < 1.29 is 19.1 Å². The van der Waals surface area contributed by atoms with Crippen LogP contribution in [0.2, 0.25) is 0 Å². The molecule has 22 heavy (non-hydrogen) atoms. The highest BCUT2D eigenvalue weighted by molar-refractivity contribution is 5.97. The number of cyclic esters (lactones) is 1. The minimum absolute atomic E-state index is 0.184. The van der Waals surface area contributed by atoms with Crippen LogP contribution < -0.4 is 5.32 Å². The standard InChI is InChI=1S/C17H23NO4/c1-12(2)21-10-6-9-18-16(20)17(3)11-13-7-4-5-8-14(13)15(19)22-17/h4-5,7-8,12H,6,9-11H2,1-3H3,(H,18,20)/t17-/m1/s1. The number of carbonyl (C=O) groups is 2. The van der Waals surface area contributed by atoms with E-state index in [2.05, 4.69) is 5.32 Å². The van der Waals surface area contributed by atoms with Crippen LogP contribution in [0.15, 0.2) is 24.3 Å². The van der Waals surface area contributed by atoms with Gasteiger partial charge in [0.1, 0.15) is 0 Å². The minimum Gasteiger partial charge on any atom is -0.445 e. The minimum atomic E-state index is -1.15. The van der Waals surface area contributed by atoms with Crippen LogP contribution in [0.1, 0.15) is 43.1 Å². The Morgan fingerprint density at radius 2 is 2.14 bits per heavy atom. The third kappa shape index (κ3) is 3.85. The number of hydrogen-bond acceptors (Lipinski definition) is 4. The van der Waals surface area contributed by atoms with E-state index in [0.717, 1.165) is 12.0 Å². The highest BCUT2D eigenvalue weighted by atomic mass is 16.6. The van der Waals surface area contributed by atoms with Crippen molar-refractivity contribution in [2.24, 2.45) is 0 Å². The molecule has 0 spiro atoms. The van der Waals surface area contributed by atoms with Crippen LogP contribution in [0.5, 0.6) is 0 Å². The molecular formula is C17H23NO4. The van der Waals surface area contributed by atoms with Gasteiger partial charge in [-0.15, -0.1) is 0 Å². The molecule has 0 saturated heterocycles. The molecule has 1 aliphatic heterocycles. The van der Waals surface area contributed by atoms with E-state index in [1.165, 1.54) is 0 Å². The number of amides is 1. The second-order valence-corrected chi connectivity index (χ2v) is 5.98. The van der Waals surface area contributed by atoms with Crippen LogP contribution in [0, 0.1) is 0 Å². The third-order valence-electron chi connectivity index (χ3n) is 3.62. The van der Waals surface area contributed by atoms with Crippen molar-refractivity contribution in [3.05, 3.63) is 35.4 Å². The summed E-state index contributed by atoms with van der Waals surface area (Å²) in [7, 11) is 0. The van der Waals surface area contributed by atoms with Crippen molar-refractivity contribution in [1.29, 1.82) is 0 Å². The average molecular weight is 305 g/mol. The maximum absolute atomic E-state index is 12.3. The van der Waals surface area contributed by atoms with Crippen LogP contribution in [0.4, 0.5) is 0 Å². The SMILES string of the molecule is CC(C)OCCCNC(=O)[C@@]1(C)Cc2ccccc2C(=O)O1. The molecule has 0 aromatic heterocycles. The van der Waals surface area contributed by atoms with Gasteiger partial charge in [-0.1, -0.05) is 18.2 Å². The van der Waals surface area contributed by atoms with Gasteiger partial charge in [-0.3, -0.25) is 4.79 Å². The quantitative estimate of drug-likeness (QED) is 0.645. The molecule has 0 radical (unpaired) electrons. The topological polar surface area (TPSA) is 64.6 Å². The maximum atomic E-state index is 12.3. The predicted molar refractivity (Wildman–Crippen MR) is 82.7 cm³/mol. The lowest BCUT2D eigenvalue weighted by atomic mass is 9.89. The lowest BCUT2D eigenvalue weighted by molar-refractivity contribution is -0.139. The second-order valence-electron chi connectivity index (χ2n) is 5.98. The van der Waals surface area contributed by atoms with Crippen molar-refractivity contribution in [1.82, 2.24) is 5.32 Å². The predicted octanol–water partition coefficient (Wildman–Crippen LogP) is 2.09. The van der Waals surface area contributed by atoms with Crippen molar-refractivity contribution in [2.75, 3.05) is 13.2 Å².